The minimum Gasteiger partial charge on any atom is -0.444 e. The highest BCUT2D eigenvalue weighted by molar-refractivity contribution is 5.80. The molecule has 2 fully saturated rings. The highest BCUT2D eigenvalue weighted by Crippen LogP contribution is 2.52. The molecule has 1 amide bonds. The summed E-state index contributed by atoms with van der Waals surface area (Å²) >= 11 is 0. The lowest BCUT2D eigenvalue weighted by Gasteiger charge is -2.54. The first kappa shape index (κ1) is 21.8. The summed E-state index contributed by atoms with van der Waals surface area (Å²) < 4.78 is 11.3. The summed E-state index contributed by atoms with van der Waals surface area (Å²) in [5, 5.41) is 6.95. The molecular formula is C20H38N4O3. The fourth-order valence-corrected chi connectivity index (χ4v) is 4.07. The van der Waals surface area contributed by atoms with Crippen molar-refractivity contribution < 1.29 is 14.3 Å². The van der Waals surface area contributed by atoms with Crippen LogP contribution >= 0.6 is 0 Å². The molecule has 1 saturated heterocycles. The van der Waals surface area contributed by atoms with Crippen LogP contribution in [-0.2, 0) is 9.47 Å². The molecule has 1 aliphatic heterocycles. The van der Waals surface area contributed by atoms with Gasteiger partial charge >= 0.3 is 6.09 Å². The van der Waals surface area contributed by atoms with E-state index in [9.17, 15) is 4.79 Å². The molecule has 7 heteroatoms. The van der Waals surface area contributed by atoms with E-state index in [1.807, 2.05) is 27.7 Å². The Bertz CT molecular complexity index is 556. The summed E-state index contributed by atoms with van der Waals surface area (Å²) in [4.78, 5) is 18.2. The fourth-order valence-electron chi connectivity index (χ4n) is 4.07. The molecule has 27 heavy (non-hydrogen) atoms. The number of ether oxygens (including phenoxy) is 2. The van der Waals surface area contributed by atoms with Crippen molar-refractivity contribution in [2.24, 2.45) is 16.3 Å². The number of nitrogens with one attached hydrogen (secondary N) is 2. The van der Waals surface area contributed by atoms with Crippen LogP contribution < -0.4 is 10.6 Å². The van der Waals surface area contributed by atoms with E-state index in [0.29, 0.717) is 18.1 Å². The zero-order valence-electron chi connectivity index (χ0n) is 18.3. The molecule has 0 radical (unpaired) electrons. The Morgan fingerprint density at radius 1 is 1.41 bits per heavy atom. The molecule has 0 spiro atoms. The van der Waals surface area contributed by atoms with Crippen LogP contribution in [0.25, 0.3) is 0 Å². The Morgan fingerprint density at radius 2 is 2.07 bits per heavy atom. The van der Waals surface area contributed by atoms with Gasteiger partial charge in [-0.05, 0) is 40.5 Å². The van der Waals surface area contributed by atoms with Crippen LogP contribution in [0.3, 0.4) is 0 Å². The Labute approximate surface area is 164 Å². The van der Waals surface area contributed by atoms with Crippen molar-refractivity contribution in [1.29, 1.82) is 0 Å². The van der Waals surface area contributed by atoms with E-state index in [1.165, 1.54) is 0 Å². The topological polar surface area (TPSA) is 75.2 Å². The first-order valence-corrected chi connectivity index (χ1v) is 10.0. The van der Waals surface area contributed by atoms with Crippen LogP contribution in [0.1, 0.15) is 54.4 Å². The molecular weight excluding hydrogens is 344 g/mol. The lowest BCUT2D eigenvalue weighted by molar-refractivity contribution is -0.106. The maximum absolute atomic E-state index is 12.2. The zero-order chi connectivity index (χ0) is 20.4. The third-order valence-corrected chi connectivity index (χ3v) is 5.81. The first-order valence-electron chi connectivity index (χ1n) is 10.0. The molecule has 2 N–H and O–H groups in total. The van der Waals surface area contributed by atoms with Gasteiger partial charge in [0.15, 0.2) is 5.96 Å². The van der Waals surface area contributed by atoms with Crippen molar-refractivity contribution >= 4 is 12.1 Å². The molecule has 0 aromatic carbocycles. The first-order chi connectivity index (χ1) is 12.5. The normalized spacial score (nSPS) is 28.0. The summed E-state index contributed by atoms with van der Waals surface area (Å²) in [7, 11) is 3.57. The van der Waals surface area contributed by atoms with Gasteiger partial charge in [0.2, 0.25) is 0 Å². The number of carbonyl (C=O) groups excluding carboxylic acids is 1. The molecule has 1 heterocycles. The molecule has 4 unspecified atom stereocenters. The molecule has 4 atom stereocenters. The SMILES string of the molecule is CN=C(NCCC(C)N(C)C(=O)OC(C)(C)C)NC1C2CCOC2C1(C)C. The molecule has 156 valence electrons. The summed E-state index contributed by atoms with van der Waals surface area (Å²) in [6, 6.07) is 0.441. The zero-order valence-corrected chi connectivity index (χ0v) is 18.3. The van der Waals surface area contributed by atoms with Crippen molar-refractivity contribution in [3.8, 4) is 0 Å². The van der Waals surface area contributed by atoms with Crippen LogP contribution in [0.4, 0.5) is 4.79 Å². The van der Waals surface area contributed by atoms with Gasteiger partial charge in [0, 0.05) is 50.7 Å². The Kier molecular flexibility index (Phi) is 6.66. The maximum Gasteiger partial charge on any atom is 0.410 e. The average molecular weight is 383 g/mol. The van der Waals surface area contributed by atoms with Crippen LogP contribution in [0, 0.1) is 11.3 Å². The summed E-state index contributed by atoms with van der Waals surface area (Å²) in [6.07, 6.45) is 1.98. The maximum atomic E-state index is 12.2. The van der Waals surface area contributed by atoms with E-state index in [-0.39, 0.29) is 17.6 Å². The summed E-state index contributed by atoms with van der Waals surface area (Å²) in [6.45, 7) is 13.7. The fraction of sp³-hybridized carbons (Fsp3) is 0.900. The van der Waals surface area contributed by atoms with Gasteiger partial charge in [0.05, 0.1) is 6.10 Å². The van der Waals surface area contributed by atoms with Gasteiger partial charge < -0.3 is 25.0 Å². The number of carbonyl (C=O) groups is 1. The predicted octanol–water partition coefficient (Wildman–Crippen LogP) is 2.61. The van der Waals surface area contributed by atoms with E-state index < -0.39 is 5.60 Å². The molecule has 0 aromatic heterocycles. The molecule has 2 rings (SSSR count). The molecule has 0 aromatic rings. The minimum absolute atomic E-state index is 0.0678. The van der Waals surface area contributed by atoms with E-state index >= 15 is 0 Å². The van der Waals surface area contributed by atoms with Gasteiger partial charge in [-0.15, -0.1) is 0 Å². The Balaban J connectivity index is 1.77. The number of fused-ring (bicyclic) bond motifs is 1. The van der Waals surface area contributed by atoms with E-state index in [2.05, 4.69) is 29.5 Å². The van der Waals surface area contributed by atoms with Gasteiger partial charge in [-0.3, -0.25) is 4.99 Å². The van der Waals surface area contributed by atoms with Gasteiger partial charge in [-0.2, -0.15) is 0 Å². The second-order valence-corrected chi connectivity index (χ2v) is 9.42. The largest absolute Gasteiger partial charge is 0.444 e. The average Bonchev–Trinajstić information content (AvgIpc) is 3.02. The Hall–Kier alpha value is -1.50. The standard InChI is InChI=1S/C20H38N4O3/c1-13(24(8)18(25)27-19(2,3)4)9-11-22-17(21-7)23-15-14-10-12-26-16(14)20(15,5)6/h13-16H,9-12H2,1-8H3,(H2,21,22,23). The highest BCUT2D eigenvalue weighted by atomic mass is 16.6. The quantitative estimate of drug-likeness (QED) is 0.565. The minimum atomic E-state index is -0.480. The molecule has 1 saturated carbocycles. The van der Waals surface area contributed by atoms with Crippen LogP contribution in [0.15, 0.2) is 4.99 Å². The summed E-state index contributed by atoms with van der Waals surface area (Å²) in [5.74, 6) is 1.38. The second-order valence-electron chi connectivity index (χ2n) is 9.42. The number of hydrogen-bond donors (Lipinski definition) is 2. The summed E-state index contributed by atoms with van der Waals surface area (Å²) in [5.41, 5.74) is -0.365. The molecule has 7 nitrogen and oxygen atoms in total. The predicted molar refractivity (Wildman–Crippen MR) is 108 cm³/mol. The highest BCUT2D eigenvalue weighted by Gasteiger charge is 2.59. The number of nitrogens with zero attached hydrogens (tertiary/aromatic N) is 2. The van der Waals surface area contributed by atoms with Crippen LogP contribution in [-0.4, -0.2) is 68.0 Å². The van der Waals surface area contributed by atoms with E-state index in [1.54, 1.807) is 19.0 Å². The van der Waals surface area contributed by atoms with Gasteiger partial charge in [0.1, 0.15) is 5.60 Å². The number of rotatable bonds is 5. The monoisotopic (exact) mass is 382 g/mol. The van der Waals surface area contributed by atoms with Crippen LogP contribution in [0.2, 0.25) is 0 Å². The smallest absolute Gasteiger partial charge is 0.410 e. The van der Waals surface area contributed by atoms with Crippen molar-refractivity contribution in [2.45, 2.75) is 78.2 Å². The molecule has 0 bridgehead atoms. The number of hydrogen-bond acceptors (Lipinski definition) is 4. The van der Waals surface area contributed by atoms with Crippen molar-refractivity contribution in [1.82, 2.24) is 15.5 Å². The van der Waals surface area contributed by atoms with Crippen molar-refractivity contribution in [3.63, 3.8) is 0 Å². The third-order valence-electron chi connectivity index (χ3n) is 5.81. The van der Waals surface area contributed by atoms with Crippen LogP contribution in [0.5, 0.6) is 0 Å². The van der Waals surface area contributed by atoms with Gasteiger partial charge in [-0.1, -0.05) is 13.8 Å². The Morgan fingerprint density at radius 3 is 2.67 bits per heavy atom. The number of aliphatic imine (C=N–C) groups is 1. The van der Waals surface area contributed by atoms with Crippen molar-refractivity contribution in [2.75, 3.05) is 27.2 Å². The van der Waals surface area contributed by atoms with Gasteiger partial charge in [0.25, 0.3) is 0 Å². The lowest BCUT2D eigenvalue weighted by Crippen LogP contribution is -2.68. The van der Waals surface area contributed by atoms with E-state index in [4.69, 9.17) is 9.47 Å². The second kappa shape index (κ2) is 8.25. The van der Waals surface area contributed by atoms with Crippen molar-refractivity contribution in [3.05, 3.63) is 0 Å². The van der Waals surface area contributed by atoms with E-state index in [0.717, 1.165) is 32.0 Å². The third kappa shape index (κ3) is 5.06. The molecule has 1 aliphatic carbocycles. The number of guanidine groups is 1. The lowest BCUT2D eigenvalue weighted by atomic mass is 9.57. The molecule has 2 aliphatic rings. The van der Waals surface area contributed by atoms with Gasteiger partial charge in [-0.25, -0.2) is 4.79 Å². The number of amides is 1.